The molecule has 0 aliphatic heterocycles. The van der Waals surface area contributed by atoms with E-state index in [1.807, 2.05) is 30.3 Å². The summed E-state index contributed by atoms with van der Waals surface area (Å²) in [6, 6.07) is 14.4. The van der Waals surface area contributed by atoms with Crippen molar-refractivity contribution in [2.45, 2.75) is 25.9 Å². The van der Waals surface area contributed by atoms with Crippen molar-refractivity contribution in [3.63, 3.8) is 0 Å². The van der Waals surface area contributed by atoms with Crippen LogP contribution in [0.15, 0.2) is 46.9 Å². The predicted molar refractivity (Wildman–Crippen MR) is 92.0 cm³/mol. The summed E-state index contributed by atoms with van der Waals surface area (Å²) >= 11 is 9.52. The van der Waals surface area contributed by atoms with Crippen LogP contribution in [0.2, 0.25) is 5.02 Å². The molecule has 1 N–H and O–H groups in total. The van der Waals surface area contributed by atoms with Crippen molar-refractivity contribution >= 4 is 27.5 Å². The van der Waals surface area contributed by atoms with Crippen LogP contribution >= 0.6 is 27.5 Å². The summed E-state index contributed by atoms with van der Waals surface area (Å²) in [5.74, 6) is 0.883. The summed E-state index contributed by atoms with van der Waals surface area (Å²) in [7, 11) is 1.68. The molecule has 2 aromatic carbocycles. The molecule has 2 aromatic rings. The van der Waals surface area contributed by atoms with E-state index >= 15 is 0 Å². The Morgan fingerprint density at radius 1 is 1.19 bits per heavy atom. The minimum Gasteiger partial charge on any atom is -0.497 e. The van der Waals surface area contributed by atoms with Gasteiger partial charge in [-0.15, -0.1) is 0 Å². The second kappa shape index (κ2) is 7.83. The maximum absolute atomic E-state index is 5.97. The highest BCUT2D eigenvalue weighted by atomic mass is 79.9. The van der Waals surface area contributed by atoms with E-state index in [2.05, 4.69) is 40.3 Å². The molecule has 21 heavy (non-hydrogen) atoms. The third-order valence-corrected chi connectivity index (χ3v) is 4.45. The largest absolute Gasteiger partial charge is 0.497 e. The van der Waals surface area contributed by atoms with Crippen molar-refractivity contribution in [1.82, 2.24) is 5.32 Å². The number of rotatable bonds is 6. The van der Waals surface area contributed by atoms with Gasteiger partial charge in [-0.2, -0.15) is 0 Å². The molecular weight excluding hydrogens is 350 g/mol. The molecule has 0 radical (unpaired) electrons. The van der Waals surface area contributed by atoms with Crippen LogP contribution in [-0.4, -0.2) is 7.11 Å². The lowest BCUT2D eigenvalue weighted by Crippen LogP contribution is -2.20. The van der Waals surface area contributed by atoms with E-state index in [-0.39, 0.29) is 0 Å². The first kappa shape index (κ1) is 16.3. The lowest BCUT2D eigenvalue weighted by atomic mass is 10.0. The number of hydrogen-bond acceptors (Lipinski definition) is 2. The van der Waals surface area contributed by atoms with E-state index < -0.39 is 0 Å². The lowest BCUT2D eigenvalue weighted by Gasteiger charge is -2.18. The van der Waals surface area contributed by atoms with Crippen molar-refractivity contribution in [3.05, 3.63) is 63.1 Å². The van der Waals surface area contributed by atoms with Gasteiger partial charge in [0.1, 0.15) is 5.75 Å². The van der Waals surface area contributed by atoms with Gasteiger partial charge >= 0.3 is 0 Å². The first-order valence-corrected chi connectivity index (χ1v) is 8.12. The van der Waals surface area contributed by atoms with Crippen molar-refractivity contribution in [2.75, 3.05) is 7.11 Å². The van der Waals surface area contributed by atoms with Crippen LogP contribution in [0.3, 0.4) is 0 Å². The van der Waals surface area contributed by atoms with Crippen molar-refractivity contribution in [1.29, 1.82) is 0 Å². The van der Waals surface area contributed by atoms with Gasteiger partial charge in [0.05, 0.1) is 7.11 Å². The minimum absolute atomic E-state index is 0.318. The standard InChI is InChI=1S/C17H19BrClNO/c1-3-17(12-5-8-15(21-2)9-6-12)20-11-13-4-7-14(19)10-16(13)18/h4-10,17,20H,3,11H2,1-2H3. The van der Waals surface area contributed by atoms with E-state index in [4.69, 9.17) is 16.3 Å². The summed E-state index contributed by atoms with van der Waals surface area (Å²) in [6.45, 7) is 2.97. The van der Waals surface area contributed by atoms with Crippen molar-refractivity contribution < 1.29 is 4.74 Å². The molecule has 0 spiro atoms. The quantitative estimate of drug-likeness (QED) is 0.742. The van der Waals surface area contributed by atoms with Gasteiger partial charge in [-0.25, -0.2) is 0 Å². The molecule has 0 saturated heterocycles. The average Bonchev–Trinajstić information content (AvgIpc) is 2.50. The zero-order valence-corrected chi connectivity index (χ0v) is 14.5. The molecule has 0 aliphatic carbocycles. The fourth-order valence-corrected chi connectivity index (χ4v) is 3.06. The van der Waals surface area contributed by atoms with Gasteiger partial charge in [-0.3, -0.25) is 0 Å². The van der Waals surface area contributed by atoms with Gasteiger partial charge in [0.25, 0.3) is 0 Å². The SMILES string of the molecule is CCC(NCc1ccc(Cl)cc1Br)c1ccc(OC)cc1. The van der Waals surface area contributed by atoms with Crippen molar-refractivity contribution in [3.8, 4) is 5.75 Å². The molecule has 0 heterocycles. The lowest BCUT2D eigenvalue weighted by molar-refractivity contribution is 0.414. The summed E-state index contributed by atoms with van der Waals surface area (Å²) in [4.78, 5) is 0. The average molecular weight is 369 g/mol. The van der Waals surface area contributed by atoms with Gasteiger partial charge < -0.3 is 10.1 Å². The van der Waals surface area contributed by atoms with Gasteiger partial charge in [0, 0.05) is 22.1 Å². The van der Waals surface area contributed by atoms with Crippen molar-refractivity contribution in [2.24, 2.45) is 0 Å². The summed E-state index contributed by atoms with van der Waals surface area (Å²) < 4.78 is 6.23. The van der Waals surface area contributed by atoms with E-state index in [0.717, 1.165) is 28.2 Å². The van der Waals surface area contributed by atoms with E-state index in [9.17, 15) is 0 Å². The van der Waals surface area contributed by atoms with Crippen LogP contribution in [0.25, 0.3) is 0 Å². The highest BCUT2D eigenvalue weighted by molar-refractivity contribution is 9.10. The van der Waals surface area contributed by atoms with Gasteiger partial charge in [0.15, 0.2) is 0 Å². The Bertz CT molecular complexity index is 586. The zero-order valence-electron chi connectivity index (χ0n) is 12.2. The monoisotopic (exact) mass is 367 g/mol. The molecule has 0 bridgehead atoms. The van der Waals surface area contributed by atoms with Gasteiger partial charge in [-0.1, -0.05) is 52.7 Å². The molecule has 0 aliphatic rings. The normalized spacial score (nSPS) is 12.2. The van der Waals surface area contributed by atoms with Crippen LogP contribution in [0.4, 0.5) is 0 Å². The number of benzene rings is 2. The first-order chi connectivity index (χ1) is 10.1. The second-order valence-electron chi connectivity index (χ2n) is 4.85. The smallest absolute Gasteiger partial charge is 0.118 e. The molecule has 1 atom stereocenters. The van der Waals surface area contributed by atoms with Crippen LogP contribution in [0.1, 0.15) is 30.5 Å². The first-order valence-electron chi connectivity index (χ1n) is 6.95. The Balaban J connectivity index is 2.04. The molecular formula is C17H19BrClNO. The molecule has 0 fully saturated rings. The molecule has 2 rings (SSSR count). The van der Waals surface area contributed by atoms with Gasteiger partial charge in [0.2, 0.25) is 0 Å². The number of ether oxygens (including phenoxy) is 1. The number of halogens is 2. The minimum atomic E-state index is 0.318. The Morgan fingerprint density at radius 2 is 1.90 bits per heavy atom. The summed E-state index contributed by atoms with van der Waals surface area (Å²) in [5, 5.41) is 4.33. The third kappa shape index (κ3) is 4.47. The molecule has 1 unspecified atom stereocenters. The summed E-state index contributed by atoms with van der Waals surface area (Å²) in [5.41, 5.74) is 2.47. The second-order valence-corrected chi connectivity index (χ2v) is 6.14. The maximum Gasteiger partial charge on any atom is 0.118 e. The zero-order chi connectivity index (χ0) is 15.2. The fourth-order valence-electron chi connectivity index (χ4n) is 2.23. The Hall–Kier alpha value is -1.03. The predicted octanol–water partition coefficient (Wildman–Crippen LogP) is 5.35. The highest BCUT2D eigenvalue weighted by Crippen LogP contribution is 2.24. The van der Waals surface area contributed by atoms with Crippen LogP contribution in [0, 0.1) is 0 Å². The maximum atomic E-state index is 5.97. The molecule has 0 aromatic heterocycles. The van der Waals surface area contributed by atoms with Crippen LogP contribution < -0.4 is 10.1 Å². The Labute approximate surface area is 139 Å². The van der Waals surface area contributed by atoms with Crippen LogP contribution in [0.5, 0.6) is 5.75 Å². The molecule has 2 nitrogen and oxygen atoms in total. The number of nitrogens with one attached hydrogen (secondary N) is 1. The third-order valence-electron chi connectivity index (χ3n) is 3.48. The molecule has 0 amide bonds. The molecule has 0 saturated carbocycles. The van der Waals surface area contributed by atoms with E-state index in [1.165, 1.54) is 11.1 Å². The number of methoxy groups -OCH3 is 1. The van der Waals surface area contributed by atoms with E-state index in [1.54, 1.807) is 7.11 Å². The fraction of sp³-hybridized carbons (Fsp3) is 0.294. The number of hydrogen-bond donors (Lipinski definition) is 1. The Kier molecular flexibility index (Phi) is 6.09. The van der Waals surface area contributed by atoms with Crippen LogP contribution in [-0.2, 0) is 6.54 Å². The molecule has 112 valence electrons. The Morgan fingerprint density at radius 3 is 2.48 bits per heavy atom. The highest BCUT2D eigenvalue weighted by Gasteiger charge is 2.10. The van der Waals surface area contributed by atoms with E-state index in [0.29, 0.717) is 6.04 Å². The van der Waals surface area contributed by atoms with Gasteiger partial charge in [-0.05, 0) is 41.8 Å². The molecule has 4 heteroatoms. The topological polar surface area (TPSA) is 21.3 Å². The summed E-state index contributed by atoms with van der Waals surface area (Å²) in [6.07, 6.45) is 1.03.